The number of halogens is 3. The summed E-state index contributed by atoms with van der Waals surface area (Å²) in [6.07, 6.45) is -1.79. The highest BCUT2D eigenvalue weighted by molar-refractivity contribution is 5.86. The molecule has 2 aliphatic carbocycles. The molecule has 1 aromatic carbocycles. The first-order valence-corrected chi connectivity index (χ1v) is 11.8. The van der Waals surface area contributed by atoms with Gasteiger partial charge >= 0.3 is 23.9 Å². The van der Waals surface area contributed by atoms with Crippen molar-refractivity contribution < 1.29 is 32.6 Å². The predicted octanol–water partition coefficient (Wildman–Crippen LogP) is 3.20. The maximum atomic E-state index is 13.6. The van der Waals surface area contributed by atoms with E-state index < -0.39 is 46.6 Å². The van der Waals surface area contributed by atoms with Crippen molar-refractivity contribution >= 4 is 12.1 Å². The lowest BCUT2D eigenvalue weighted by molar-refractivity contribution is -0.138. The number of aromatic carboxylic acids is 1. The molecule has 3 aliphatic rings. The fourth-order valence-corrected chi connectivity index (χ4v) is 5.83. The summed E-state index contributed by atoms with van der Waals surface area (Å²) in [5, 5.41) is 9.67. The normalized spacial score (nSPS) is 24.0. The summed E-state index contributed by atoms with van der Waals surface area (Å²) in [6.45, 7) is 0.813. The molecule has 1 N–H and O–H groups in total. The number of hydrogen-bond donors (Lipinski definition) is 1. The molecule has 1 aliphatic heterocycles. The first-order chi connectivity index (χ1) is 17.1. The van der Waals surface area contributed by atoms with Gasteiger partial charge in [0.1, 0.15) is 12.2 Å². The largest absolute Gasteiger partial charge is 0.477 e. The molecule has 0 unspecified atom stereocenters. The minimum atomic E-state index is -4.59. The second-order valence-corrected chi connectivity index (χ2v) is 9.41. The van der Waals surface area contributed by atoms with E-state index >= 15 is 0 Å². The predicted molar refractivity (Wildman–Crippen MR) is 119 cm³/mol. The van der Waals surface area contributed by atoms with Gasteiger partial charge < -0.3 is 14.7 Å². The molecule has 1 aromatic heterocycles. The number of carboxylic acid groups (broad SMARTS) is 1. The number of benzene rings is 1. The number of nitrogens with zero attached hydrogens (tertiary/aromatic N) is 3. The first kappa shape index (κ1) is 24.1. The third-order valence-corrected chi connectivity index (χ3v) is 7.52. The molecule has 36 heavy (non-hydrogen) atoms. The van der Waals surface area contributed by atoms with Crippen LogP contribution in [0.3, 0.4) is 0 Å². The van der Waals surface area contributed by atoms with Crippen molar-refractivity contribution in [2.24, 2.45) is 0 Å². The highest BCUT2D eigenvalue weighted by Crippen LogP contribution is 2.41. The SMILES string of the molecule is O=C(O)c1cn([C@H]2CC[C@H](N3CCOC3=O)CC2)c(=O)n([C@H]2CCc3c2cccc3C(F)(F)F)c1=O. The number of carbonyl (C=O) groups is 2. The van der Waals surface area contributed by atoms with Crippen LogP contribution in [-0.2, 0) is 17.3 Å². The molecular formula is C24H24F3N3O6. The van der Waals surface area contributed by atoms with Crippen molar-refractivity contribution in [3.05, 3.63) is 67.5 Å². The summed E-state index contributed by atoms with van der Waals surface area (Å²) < 4.78 is 47.6. The summed E-state index contributed by atoms with van der Waals surface area (Å²) in [5.74, 6) is -1.52. The molecule has 2 aromatic rings. The molecule has 5 rings (SSSR count). The van der Waals surface area contributed by atoms with Crippen LogP contribution in [0.2, 0.25) is 0 Å². The van der Waals surface area contributed by atoms with Gasteiger partial charge in [-0.3, -0.25) is 13.9 Å². The van der Waals surface area contributed by atoms with Crippen LogP contribution in [-0.4, -0.2) is 50.4 Å². The Morgan fingerprint density at radius 3 is 2.33 bits per heavy atom. The van der Waals surface area contributed by atoms with Gasteiger partial charge in [0.15, 0.2) is 0 Å². The Labute approximate surface area is 202 Å². The molecule has 1 amide bonds. The molecule has 2 heterocycles. The van der Waals surface area contributed by atoms with E-state index in [1.54, 1.807) is 4.90 Å². The lowest BCUT2D eigenvalue weighted by atomic mass is 9.90. The van der Waals surface area contributed by atoms with Crippen LogP contribution >= 0.6 is 0 Å². The zero-order valence-corrected chi connectivity index (χ0v) is 19.2. The molecule has 1 saturated heterocycles. The maximum Gasteiger partial charge on any atom is 0.416 e. The van der Waals surface area contributed by atoms with E-state index in [0.717, 1.165) is 16.8 Å². The number of aromatic nitrogens is 2. The smallest absolute Gasteiger partial charge is 0.416 e. The highest BCUT2D eigenvalue weighted by atomic mass is 19.4. The third-order valence-electron chi connectivity index (χ3n) is 7.52. The Kier molecular flexibility index (Phi) is 5.92. The van der Waals surface area contributed by atoms with Crippen molar-refractivity contribution in [1.82, 2.24) is 14.0 Å². The molecular weight excluding hydrogens is 483 g/mol. The van der Waals surface area contributed by atoms with Gasteiger partial charge in [0.05, 0.1) is 18.2 Å². The highest BCUT2D eigenvalue weighted by Gasteiger charge is 2.39. The monoisotopic (exact) mass is 507 g/mol. The quantitative estimate of drug-likeness (QED) is 0.681. The van der Waals surface area contributed by atoms with Crippen molar-refractivity contribution in [3.8, 4) is 0 Å². The number of ether oxygens (including phenoxy) is 1. The van der Waals surface area contributed by atoms with Crippen LogP contribution in [0.5, 0.6) is 0 Å². The number of rotatable bonds is 4. The summed E-state index contributed by atoms with van der Waals surface area (Å²) >= 11 is 0. The molecule has 0 spiro atoms. The van der Waals surface area contributed by atoms with E-state index in [0.29, 0.717) is 38.8 Å². The topological polar surface area (TPSA) is 111 Å². The van der Waals surface area contributed by atoms with Crippen LogP contribution in [0.4, 0.5) is 18.0 Å². The van der Waals surface area contributed by atoms with Gasteiger partial charge in [0, 0.05) is 18.3 Å². The van der Waals surface area contributed by atoms with Crippen molar-refractivity contribution in [2.45, 2.75) is 62.8 Å². The second-order valence-electron chi connectivity index (χ2n) is 9.41. The van der Waals surface area contributed by atoms with E-state index in [1.165, 1.54) is 16.7 Å². The van der Waals surface area contributed by atoms with Crippen LogP contribution < -0.4 is 11.2 Å². The lowest BCUT2D eigenvalue weighted by Gasteiger charge is -2.34. The standard InChI is InChI=1S/C24H24F3N3O6/c25-24(26,27)18-3-1-2-16-15(18)8-9-19(16)30-20(31)17(21(32)33)12-29(22(30)34)14-6-4-13(5-7-14)28-10-11-36-23(28)35/h1-3,12-14,19H,4-11H2,(H,32,33)/t13-,14-,19-/m0/s1. The fraction of sp³-hybridized carbons (Fsp3) is 0.500. The minimum Gasteiger partial charge on any atom is -0.477 e. The number of carboxylic acids is 1. The average molecular weight is 507 g/mol. The van der Waals surface area contributed by atoms with E-state index in [4.69, 9.17) is 4.74 Å². The number of hydrogen-bond acceptors (Lipinski definition) is 5. The van der Waals surface area contributed by atoms with Gasteiger partial charge in [0.25, 0.3) is 5.56 Å². The Balaban J connectivity index is 1.53. The Morgan fingerprint density at radius 2 is 1.72 bits per heavy atom. The number of cyclic esters (lactones) is 1. The maximum absolute atomic E-state index is 13.6. The number of fused-ring (bicyclic) bond motifs is 1. The van der Waals surface area contributed by atoms with Gasteiger partial charge in [0.2, 0.25) is 0 Å². The second kappa shape index (κ2) is 8.82. The zero-order valence-electron chi connectivity index (χ0n) is 19.2. The summed E-state index contributed by atoms with van der Waals surface area (Å²) in [7, 11) is 0. The summed E-state index contributed by atoms with van der Waals surface area (Å²) in [6, 6.07) is 2.18. The third kappa shape index (κ3) is 3.97. The number of amides is 1. The molecule has 2 fully saturated rings. The van der Waals surface area contributed by atoms with Crippen LogP contribution in [0, 0.1) is 0 Å². The van der Waals surface area contributed by atoms with Gasteiger partial charge in [-0.15, -0.1) is 0 Å². The summed E-state index contributed by atoms with van der Waals surface area (Å²) in [4.78, 5) is 52.1. The van der Waals surface area contributed by atoms with Crippen molar-refractivity contribution in [2.75, 3.05) is 13.2 Å². The lowest BCUT2D eigenvalue weighted by Crippen LogP contribution is -2.46. The molecule has 0 bridgehead atoms. The van der Waals surface area contributed by atoms with Gasteiger partial charge in [-0.1, -0.05) is 12.1 Å². The zero-order chi connectivity index (χ0) is 25.8. The number of carbonyl (C=O) groups excluding carboxylic acids is 1. The molecule has 192 valence electrons. The minimum absolute atomic E-state index is 0.00983. The fourth-order valence-electron chi connectivity index (χ4n) is 5.83. The van der Waals surface area contributed by atoms with Crippen LogP contribution in [0.1, 0.15) is 71.2 Å². The molecule has 1 saturated carbocycles. The average Bonchev–Trinajstić information content (AvgIpc) is 3.45. The van der Waals surface area contributed by atoms with Crippen molar-refractivity contribution in [1.29, 1.82) is 0 Å². The van der Waals surface area contributed by atoms with Gasteiger partial charge in [-0.2, -0.15) is 13.2 Å². The number of alkyl halides is 3. The van der Waals surface area contributed by atoms with Crippen LogP contribution in [0.15, 0.2) is 34.0 Å². The van der Waals surface area contributed by atoms with E-state index in [-0.39, 0.29) is 36.1 Å². The van der Waals surface area contributed by atoms with E-state index in [2.05, 4.69) is 0 Å². The molecule has 12 heteroatoms. The van der Waals surface area contributed by atoms with Gasteiger partial charge in [-0.05, 0) is 55.7 Å². The van der Waals surface area contributed by atoms with Gasteiger partial charge in [-0.25, -0.2) is 14.4 Å². The Hall–Kier alpha value is -3.57. The van der Waals surface area contributed by atoms with E-state index in [9.17, 15) is 37.5 Å². The van der Waals surface area contributed by atoms with Crippen molar-refractivity contribution in [3.63, 3.8) is 0 Å². The van der Waals surface area contributed by atoms with E-state index in [1.807, 2.05) is 0 Å². The van der Waals surface area contributed by atoms with Crippen LogP contribution in [0.25, 0.3) is 0 Å². The molecule has 1 atom stereocenters. The first-order valence-electron chi connectivity index (χ1n) is 11.8. The Morgan fingerprint density at radius 1 is 1.03 bits per heavy atom. The Bertz CT molecular complexity index is 1340. The summed E-state index contributed by atoms with van der Waals surface area (Å²) in [5.41, 5.74) is -2.98. The molecule has 0 radical (unpaired) electrons. The molecule has 9 nitrogen and oxygen atoms in total.